The average molecular weight is 310 g/mol. The third-order valence-electron chi connectivity index (χ3n) is 2.98. The van der Waals surface area contributed by atoms with Gasteiger partial charge in [0.05, 0.1) is 5.69 Å². The van der Waals surface area contributed by atoms with Crippen molar-refractivity contribution in [1.29, 1.82) is 0 Å². The highest BCUT2D eigenvalue weighted by atomic mass is 32.2. The minimum absolute atomic E-state index is 0.150. The first-order chi connectivity index (χ1) is 9.49. The van der Waals surface area contributed by atoms with Gasteiger partial charge in [-0.1, -0.05) is 12.1 Å². The molecule has 0 spiro atoms. The third-order valence-corrected chi connectivity index (χ3v) is 5.01. The molecule has 0 bridgehead atoms. The second kappa shape index (κ2) is 6.37. The zero-order valence-electron chi connectivity index (χ0n) is 11.6. The van der Waals surface area contributed by atoms with E-state index in [9.17, 15) is 9.00 Å². The lowest BCUT2D eigenvalue weighted by Crippen LogP contribution is -2.25. The first-order valence-electron chi connectivity index (χ1n) is 6.36. The second-order valence-corrected chi connectivity index (χ2v) is 7.34. The van der Waals surface area contributed by atoms with Gasteiger partial charge in [-0.25, -0.2) is 0 Å². The molecule has 20 heavy (non-hydrogen) atoms. The van der Waals surface area contributed by atoms with Crippen LogP contribution in [0, 0.1) is 6.92 Å². The number of rotatable bonds is 5. The highest BCUT2D eigenvalue weighted by molar-refractivity contribution is 7.84. The van der Waals surface area contributed by atoms with Crippen LogP contribution in [-0.2, 0) is 10.8 Å². The summed E-state index contributed by atoms with van der Waals surface area (Å²) in [5.41, 5.74) is 7.74. The Kier molecular flexibility index (Phi) is 4.77. The molecule has 1 aromatic heterocycles. The summed E-state index contributed by atoms with van der Waals surface area (Å²) >= 11 is 1.41. The summed E-state index contributed by atoms with van der Waals surface area (Å²) in [7, 11) is -0.818. The maximum absolute atomic E-state index is 12.1. The van der Waals surface area contributed by atoms with Gasteiger partial charge in [0, 0.05) is 39.4 Å². The van der Waals surface area contributed by atoms with Crippen LogP contribution >= 0.6 is 11.3 Å². The minimum atomic E-state index is -0.818. The summed E-state index contributed by atoms with van der Waals surface area (Å²) in [5, 5.41) is 3.76. The van der Waals surface area contributed by atoms with Crippen molar-refractivity contribution in [3.8, 4) is 0 Å². The number of amides is 1. The maximum Gasteiger partial charge on any atom is 0.263 e. The number of nitrogens with one attached hydrogen (secondary N) is 1. The van der Waals surface area contributed by atoms with E-state index < -0.39 is 10.8 Å². The van der Waals surface area contributed by atoms with Crippen LogP contribution < -0.4 is 11.1 Å². The van der Waals surface area contributed by atoms with Gasteiger partial charge in [0.15, 0.2) is 0 Å². The Morgan fingerprint density at radius 3 is 2.90 bits per heavy atom. The highest BCUT2D eigenvalue weighted by Crippen LogP contribution is 2.34. The number of benzene rings is 1. The van der Waals surface area contributed by atoms with Crippen molar-refractivity contribution in [2.75, 3.05) is 24.3 Å². The van der Waals surface area contributed by atoms with Crippen molar-refractivity contribution in [3.05, 3.63) is 28.6 Å². The second-order valence-electron chi connectivity index (χ2n) is 4.73. The molecule has 3 N–H and O–H groups in total. The number of carbonyl (C=O) groups excluding carboxylic acids is 1. The van der Waals surface area contributed by atoms with Crippen molar-refractivity contribution < 1.29 is 9.00 Å². The van der Waals surface area contributed by atoms with Crippen LogP contribution in [0.1, 0.15) is 21.7 Å². The lowest BCUT2D eigenvalue weighted by atomic mass is 10.1. The fraction of sp³-hybridized carbons (Fsp3) is 0.357. The van der Waals surface area contributed by atoms with Crippen molar-refractivity contribution in [2.24, 2.45) is 0 Å². The number of fused-ring (bicyclic) bond motifs is 1. The lowest BCUT2D eigenvalue weighted by molar-refractivity contribution is 0.0958. The number of anilines is 1. The molecular formula is C14H18N2O2S2. The fourth-order valence-corrected chi connectivity index (χ4v) is 3.64. The van der Waals surface area contributed by atoms with Gasteiger partial charge in [-0.05, 0) is 25.0 Å². The Labute approximate surface area is 124 Å². The molecule has 2 aromatic rings. The Morgan fingerprint density at radius 2 is 2.20 bits per heavy atom. The molecule has 108 valence electrons. The van der Waals surface area contributed by atoms with Crippen molar-refractivity contribution >= 4 is 43.8 Å². The molecule has 0 fully saturated rings. The van der Waals surface area contributed by atoms with Crippen molar-refractivity contribution in [1.82, 2.24) is 5.32 Å². The van der Waals surface area contributed by atoms with Crippen molar-refractivity contribution in [3.63, 3.8) is 0 Å². The van der Waals surface area contributed by atoms with E-state index in [1.807, 2.05) is 25.1 Å². The predicted molar refractivity (Wildman–Crippen MR) is 86.9 cm³/mol. The molecule has 0 aliphatic carbocycles. The van der Waals surface area contributed by atoms with Crippen LogP contribution in [0.5, 0.6) is 0 Å². The molecule has 0 saturated heterocycles. The van der Waals surface area contributed by atoms with Crippen LogP contribution in [0.4, 0.5) is 5.69 Å². The molecule has 1 amide bonds. The van der Waals surface area contributed by atoms with E-state index >= 15 is 0 Å². The Balaban J connectivity index is 2.10. The molecular weight excluding hydrogens is 292 g/mol. The number of aryl methyl sites for hydroxylation is 1. The Bertz CT molecular complexity index is 664. The van der Waals surface area contributed by atoms with Gasteiger partial charge in [0.2, 0.25) is 0 Å². The largest absolute Gasteiger partial charge is 0.397 e. The molecule has 1 atom stereocenters. The van der Waals surface area contributed by atoms with Crippen LogP contribution in [-0.4, -0.2) is 28.7 Å². The normalized spacial score (nSPS) is 12.5. The van der Waals surface area contributed by atoms with E-state index in [-0.39, 0.29) is 5.91 Å². The summed E-state index contributed by atoms with van der Waals surface area (Å²) in [6.07, 6.45) is 2.37. The maximum atomic E-state index is 12.1. The van der Waals surface area contributed by atoms with Crippen LogP contribution in [0.25, 0.3) is 10.1 Å². The van der Waals surface area contributed by atoms with E-state index in [1.165, 1.54) is 11.3 Å². The molecule has 1 heterocycles. The highest BCUT2D eigenvalue weighted by Gasteiger charge is 2.15. The zero-order valence-corrected chi connectivity index (χ0v) is 13.2. The number of hydrogen-bond donors (Lipinski definition) is 2. The van der Waals surface area contributed by atoms with Crippen LogP contribution in [0.3, 0.4) is 0 Å². The molecule has 0 saturated carbocycles. The van der Waals surface area contributed by atoms with Gasteiger partial charge in [0.1, 0.15) is 4.88 Å². The van der Waals surface area contributed by atoms with E-state index in [1.54, 1.807) is 6.26 Å². The van der Waals surface area contributed by atoms with Gasteiger partial charge >= 0.3 is 0 Å². The van der Waals surface area contributed by atoms with Gasteiger partial charge in [0.25, 0.3) is 5.91 Å². The number of thiophene rings is 1. The summed E-state index contributed by atoms with van der Waals surface area (Å²) in [6.45, 7) is 2.53. The molecule has 0 aliphatic rings. The summed E-state index contributed by atoms with van der Waals surface area (Å²) in [5.74, 6) is 0.449. The molecule has 2 rings (SSSR count). The quantitative estimate of drug-likeness (QED) is 0.832. The SMILES string of the molecule is Cc1ccc2c(N)c(C(=O)NCCCS(C)=O)sc2c1. The first kappa shape index (κ1) is 15.0. The standard InChI is InChI=1S/C14H18N2O2S2/c1-9-4-5-10-11(8-9)19-13(12(10)15)14(17)16-6-3-7-20(2)18/h4-5,8H,3,6-7,15H2,1-2H3,(H,16,17). The van der Waals surface area contributed by atoms with Crippen LogP contribution in [0.15, 0.2) is 18.2 Å². The number of nitrogen functional groups attached to an aromatic ring is 1. The van der Waals surface area contributed by atoms with Gasteiger partial charge in [-0.2, -0.15) is 0 Å². The first-order valence-corrected chi connectivity index (χ1v) is 8.90. The molecule has 1 aromatic carbocycles. The third kappa shape index (κ3) is 3.37. The van der Waals surface area contributed by atoms with Gasteiger partial charge in [-0.15, -0.1) is 11.3 Å². The summed E-state index contributed by atoms with van der Waals surface area (Å²) in [4.78, 5) is 12.7. The van der Waals surface area contributed by atoms with E-state index in [4.69, 9.17) is 5.73 Å². The Hall–Kier alpha value is -1.40. The fourth-order valence-electron chi connectivity index (χ4n) is 1.95. The Morgan fingerprint density at radius 1 is 1.45 bits per heavy atom. The van der Waals surface area contributed by atoms with Gasteiger partial charge < -0.3 is 11.1 Å². The average Bonchev–Trinajstić information content (AvgIpc) is 2.71. The van der Waals surface area contributed by atoms with E-state index in [0.29, 0.717) is 29.3 Å². The molecule has 6 heteroatoms. The molecule has 0 aliphatic heterocycles. The molecule has 0 radical (unpaired) electrons. The van der Waals surface area contributed by atoms with E-state index in [2.05, 4.69) is 5.32 Å². The van der Waals surface area contributed by atoms with Crippen LogP contribution in [0.2, 0.25) is 0 Å². The summed E-state index contributed by atoms with van der Waals surface area (Å²) in [6, 6.07) is 5.98. The van der Waals surface area contributed by atoms with Crippen molar-refractivity contribution in [2.45, 2.75) is 13.3 Å². The topological polar surface area (TPSA) is 72.2 Å². The van der Waals surface area contributed by atoms with E-state index in [0.717, 1.165) is 15.6 Å². The smallest absolute Gasteiger partial charge is 0.263 e. The predicted octanol–water partition coefficient (Wildman–Crippen LogP) is 2.29. The number of carbonyl (C=O) groups is 1. The molecule has 4 nitrogen and oxygen atoms in total. The molecule has 1 unspecified atom stereocenters. The number of nitrogens with two attached hydrogens (primary N) is 1. The monoisotopic (exact) mass is 310 g/mol. The number of hydrogen-bond acceptors (Lipinski definition) is 4. The summed E-state index contributed by atoms with van der Waals surface area (Å²) < 4.78 is 12.0. The minimum Gasteiger partial charge on any atom is -0.397 e. The zero-order chi connectivity index (χ0) is 14.7. The lowest BCUT2D eigenvalue weighted by Gasteiger charge is -2.03. The van der Waals surface area contributed by atoms with Gasteiger partial charge in [-0.3, -0.25) is 9.00 Å².